The van der Waals surface area contributed by atoms with Crippen molar-refractivity contribution in [3.05, 3.63) is 68.8 Å². The van der Waals surface area contributed by atoms with Crippen LogP contribution in [0.1, 0.15) is 189 Å². The summed E-state index contributed by atoms with van der Waals surface area (Å²) in [6.45, 7) is 30.1. The van der Waals surface area contributed by atoms with Crippen molar-refractivity contribution in [3.63, 3.8) is 0 Å². The fourth-order valence-electron chi connectivity index (χ4n) is 6.70. The van der Waals surface area contributed by atoms with Crippen molar-refractivity contribution in [3.8, 4) is 0 Å². The second kappa shape index (κ2) is 14.5. The van der Waals surface area contributed by atoms with Gasteiger partial charge in [0.2, 0.25) is 0 Å². The van der Waals surface area contributed by atoms with Crippen LogP contribution in [0.25, 0.3) is 0 Å². The van der Waals surface area contributed by atoms with Gasteiger partial charge in [0.25, 0.3) is 0 Å². The molecule has 0 bridgehead atoms. The summed E-state index contributed by atoms with van der Waals surface area (Å²) in [4.78, 5) is 0. The molecule has 1 fully saturated rings. The second-order valence-electron chi connectivity index (χ2n) is 14.5. The molecule has 224 valence electrons. The van der Waals surface area contributed by atoms with Gasteiger partial charge in [-0.2, -0.15) is 0 Å². The quantitative estimate of drug-likeness (QED) is 0.277. The smallest absolute Gasteiger partial charge is 0.0224 e. The predicted molar refractivity (Wildman–Crippen MR) is 177 cm³/mol. The minimum Gasteiger partial charge on any atom is -0.308 e. The van der Waals surface area contributed by atoms with E-state index in [1.54, 1.807) is 11.1 Å². The highest BCUT2D eigenvalue weighted by Crippen LogP contribution is 2.34. The van der Waals surface area contributed by atoms with Gasteiger partial charge in [-0.05, 0) is 92.9 Å². The first-order valence-electron chi connectivity index (χ1n) is 16.6. The molecule has 0 unspecified atom stereocenters. The number of hydrogen-bond acceptors (Lipinski definition) is 2. The maximum absolute atomic E-state index is 4.10. The topological polar surface area (TPSA) is 24.1 Å². The van der Waals surface area contributed by atoms with Crippen LogP contribution < -0.4 is 10.6 Å². The van der Waals surface area contributed by atoms with Crippen LogP contribution in [0.4, 0.5) is 0 Å². The molecule has 40 heavy (non-hydrogen) atoms. The van der Waals surface area contributed by atoms with E-state index in [1.165, 1.54) is 59.1 Å². The van der Waals surface area contributed by atoms with Gasteiger partial charge in [-0.15, -0.1) is 0 Å². The Hall–Kier alpha value is -1.64. The summed E-state index contributed by atoms with van der Waals surface area (Å²) in [6, 6.07) is 11.0. The molecule has 0 heterocycles. The van der Waals surface area contributed by atoms with E-state index in [-0.39, 0.29) is 0 Å². The van der Waals surface area contributed by atoms with E-state index in [0.29, 0.717) is 47.6 Å². The summed E-state index contributed by atoms with van der Waals surface area (Å²) in [5, 5.41) is 8.20. The first-order chi connectivity index (χ1) is 18.8. The molecule has 0 spiro atoms. The molecule has 2 N–H and O–H groups in total. The highest BCUT2D eigenvalue weighted by molar-refractivity contribution is 5.45. The lowest BCUT2D eigenvalue weighted by atomic mass is 9.83. The maximum atomic E-state index is 4.10. The molecule has 2 aromatic rings. The van der Waals surface area contributed by atoms with Crippen LogP contribution in [-0.2, 0) is 13.1 Å². The maximum Gasteiger partial charge on any atom is 0.0224 e. The summed E-state index contributed by atoms with van der Waals surface area (Å²) in [6.07, 6.45) is 5.17. The van der Waals surface area contributed by atoms with Gasteiger partial charge in [-0.25, -0.2) is 0 Å². The zero-order valence-electron chi connectivity index (χ0n) is 28.2. The Morgan fingerprint density at radius 2 is 0.750 bits per heavy atom. The van der Waals surface area contributed by atoms with E-state index < -0.39 is 0 Å². The fraction of sp³-hybridized carbons (Fsp3) is 0.684. The summed E-state index contributed by atoms with van der Waals surface area (Å²) in [5.41, 5.74) is 12.2. The normalized spacial score (nSPS) is 18.4. The lowest BCUT2D eigenvalue weighted by Gasteiger charge is -2.35. The molecular weight excluding hydrogens is 484 g/mol. The minimum atomic E-state index is 0.512. The van der Waals surface area contributed by atoms with Gasteiger partial charge in [0, 0.05) is 25.2 Å². The standard InChI is InChI=1S/C38H62N2/c1-23(2)29-17-31(25(5)6)35(32(18-29)26(7)8)21-39-37-15-13-14-16-38(37)40-22-36-33(27(9)10)19-30(24(3)4)20-34(36)28(11)12/h17-20,23-28,37-40H,13-16,21-22H2,1-12H3/t37-,38-/m1/s1. The highest BCUT2D eigenvalue weighted by Gasteiger charge is 2.27. The second-order valence-corrected chi connectivity index (χ2v) is 14.5. The molecule has 2 aromatic carbocycles. The number of rotatable bonds is 12. The van der Waals surface area contributed by atoms with Crippen LogP contribution in [-0.4, -0.2) is 12.1 Å². The van der Waals surface area contributed by atoms with E-state index >= 15 is 0 Å². The van der Waals surface area contributed by atoms with Crippen molar-refractivity contribution in [1.29, 1.82) is 0 Å². The van der Waals surface area contributed by atoms with Gasteiger partial charge in [0.05, 0.1) is 0 Å². The molecule has 0 aliphatic heterocycles. The lowest BCUT2D eigenvalue weighted by molar-refractivity contribution is 0.280. The van der Waals surface area contributed by atoms with Gasteiger partial charge in [0.1, 0.15) is 0 Å². The number of nitrogens with one attached hydrogen (secondary N) is 2. The van der Waals surface area contributed by atoms with Gasteiger partial charge in [0.15, 0.2) is 0 Å². The lowest BCUT2D eigenvalue weighted by Crippen LogP contribution is -2.49. The molecule has 0 aromatic heterocycles. The third kappa shape index (κ3) is 8.01. The largest absolute Gasteiger partial charge is 0.308 e. The SMILES string of the molecule is CC(C)c1cc(C(C)C)c(CN[C@@H]2CCCC[C@H]2NCc2c(C(C)C)cc(C(C)C)cc2C(C)C)c(C(C)C)c1. The number of benzene rings is 2. The Kier molecular flexibility index (Phi) is 11.9. The molecule has 1 saturated carbocycles. The van der Waals surface area contributed by atoms with E-state index in [1.807, 2.05) is 0 Å². The van der Waals surface area contributed by atoms with Crippen molar-refractivity contribution in [1.82, 2.24) is 10.6 Å². The van der Waals surface area contributed by atoms with Crippen molar-refractivity contribution < 1.29 is 0 Å². The summed E-state index contributed by atoms with van der Waals surface area (Å²) in [5.74, 6) is 3.25. The Morgan fingerprint density at radius 3 is 0.975 bits per heavy atom. The third-order valence-corrected chi connectivity index (χ3v) is 9.35. The summed E-state index contributed by atoms with van der Waals surface area (Å²) < 4.78 is 0. The van der Waals surface area contributed by atoms with Gasteiger partial charge >= 0.3 is 0 Å². The Labute approximate surface area is 248 Å². The van der Waals surface area contributed by atoms with Crippen LogP contribution in [0.2, 0.25) is 0 Å². The zero-order valence-corrected chi connectivity index (χ0v) is 28.2. The van der Waals surface area contributed by atoms with Gasteiger partial charge < -0.3 is 10.6 Å². The number of hydrogen-bond donors (Lipinski definition) is 2. The minimum absolute atomic E-state index is 0.512. The fourth-order valence-corrected chi connectivity index (χ4v) is 6.70. The Bertz CT molecular complexity index is 943. The average Bonchev–Trinajstić information content (AvgIpc) is 2.89. The molecule has 1 aliphatic carbocycles. The van der Waals surface area contributed by atoms with Crippen LogP contribution >= 0.6 is 0 Å². The first-order valence-corrected chi connectivity index (χ1v) is 16.6. The molecule has 1 aliphatic rings. The van der Waals surface area contributed by atoms with Crippen molar-refractivity contribution in [2.24, 2.45) is 0 Å². The van der Waals surface area contributed by atoms with Crippen molar-refractivity contribution in [2.75, 3.05) is 0 Å². The van der Waals surface area contributed by atoms with Crippen LogP contribution in [0.5, 0.6) is 0 Å². The van der Waals surface area contributed by atoms with Crippen molar-refractivity contribution >= 4 is 0 Å². The summed E-state index contributed by atoms with van der Waals surface area (Å²) in [7, 11) is 0. The third-order valence-electron chi connectivity index (χ3n) is 9.35. The van der Waals surface area contributed by atoms with Crippen LogP contribution in [0.15, 0.2) is 24.3 Å². The van der Waals surface area contributed by atoms with E-state index in [2.05, 4.69) is 118 Å². The molecule has 3 rings (SSSR count). The molecule has 2 nitrogen and oxygen atoms in total. The molecule has 2 atom stereocenters. The van der Waals surface area contributed by atoms with E-state index in [9.17, 15) is 0 Å². The zero-order chi connectivity index (χ0) is 29.7. The van der Waals surface area contributed by atoms with Crippen LogP contribution in [0.3, 0.4) is 0 Å². The predicted octanol–water partition coefficient (Wildman–Crippen LogP) is 10.6. The average molecular weight is 547 g/mol. The van der Waals surface area contributed by atoms with E-state index in [0.717, 1.165) is 13.1 Å². The Balaban J connectivity index is 1.86. The van der Waals surface area contributed by atoms with Crippen molar-refractivity contribution in [2.45, 2.75) is 169 Å². The highest BCUT2D eigenvalue weighted by atomic mass is 15.0. The molecule has 0 saturated heterocycles. The monoisotopic (exact) mass is 546 g/mol. The van der Waals surface area contributed by atoms with E-state index in [4.69, 9.17) is 0 Å². The van der Waals surface area contributed by atoms with Crippen LogP contribution in [0, 0.1) is 0 Å². The van der Waals surface area contributed by atoms with Gasteiger partial charge in [-0.1, -0.05) is 120 Å². The molecular formula is C38H62N2. The first kappa shape index (κ1) is 32.9. The Morgan fingerprint density at radius 1 is 0.475 bits per heavy atom. The molecule has 0 radical (unpaired) electrons. The molecule has 0 amide bonds. The summed E-state index contributed by atoms with van der Waals surface area (Å²) >= 11 is 0. The molecule has 2 heteroatoms. The van der Waals surface area contributed by atoms with Gasteiger partial charge in [-0.3, -0.25) is 0 Å².